The summed E-state index contributed by atoms with van der Waals surface area (Å²) in [5.74, 6) is 0.184. The number of carbonyl (C=O) groups is 1. The van der Waals surface area contributed by atoms with Crippen LogP contribution in [-0.4, -0.2) is 31.2 Å². The number of hydrogen-bond donors (Lipinski definition) is 2. The molecule has 122 valence electrons. The summed E-state index contributed by atoms with van der Waals surface area (Å²) in [7, 11) is 1.67. The molecule has 0 aliphatic rings. The number of rotatable bonds is 8. The Morgan fingerprint density at radius 3 is 2.87 bits per heavy atom. The van der Waals surface area contributed by atoms with Gasteiger partial charge in [-0.1, -0.05) is 12.1 Å². The lowest BCUT2D eigenvalue weighted by Crippen LogP contribution is -2.14. The second kappa shape index (κ2) is 8.85. The van der Waals surface area contributed by atoms with Crippen LogP contribution in [0.2, 0.25) is 0 Å². The van der Waals surface area contributed by atoms with Crippen molar-refractivity contribution >= 4 is 17.4 Å². The van der Waals surface area contributed by atoms with E-state index in [0.29, 0.717) is 17.9 Å². The van der Waals surface area contributed by atoms with Gasteiger partial charge in [0.25, 0.3) is 0 Å². The fourth-order valence-electron chi connectivity index (χ4n) is 2.04. The van der Waals surface area contributed by atoms with Crippen LogP contribution in [0.1, 0.15) is 12.0 Å². The summed E-state index contributed by atoms with van der Waals surface area (Å²) in [6.45, 7) is 1.47. The average molecular weight is 317 g/mol. The first-order chi connectivity index (χ1) is 11.2. The number of pyridine rings is 1. The molecule has 5 nitrogen and oxygen atoms in total. The third-order valence-electron chi connectivity index (χ3n) is 3.13. The summed E-state index contributed by atoms with van der Waals surface area (Å²) >= 11 is 0. The molecule has 2 N–H and O–H groups in total. The summed E-state index contributed by atoms with van der Waals surface area (Å²) in [5.41, 5.74) is 1.24. The molecule has 0 unspecified atom stereocenters. The third kappa shape index (κ3) is 6.04. The molecule has 0 bridgehead atoms. The Kier molecular flexibility index (Phi) is 6.50. The van der Waals surface area contributed by atoms with Gasteiger partial charge in [-0.25, -0.2) is 9.37 Å². The van der Waals surface area contributed by atoms with Gasteiger partial charge in [-0.3, -0.25) is 4.79 Å². The third-order valence-corrected chi connectivity index (χ3v) is 3.13. The minimum Gasteiger partial charge on any atom is -0.385 e. The second-order valence-corrected chi connectivity index (χ2v) is 5.06. The fourth-order valence-corrected chi connectivity index (χ4v) is 2.04. The first kappa shape index (κ1) is 16.9. The van der Waals surface area contributed by atoms with Gasteiger partial charge in [-0.15, -0.1) is 0 Å². The molecule has 1 aromatic carbocycles. The lowest BCUT2D eigenvalue weighted by molar-refractivity contribution is -0.115. The van der Waals surface area contributed by atoms with Gasteiger partial charge in [0.2, 0.25) is 5.91 Å². The van der Waals surface area contributed by atoms with Crippen molar-refractivity contribution in [2.45, 2.75) is 12.8 Å². The van der Waals surface area contributed by atoms with Crippen LogP contribution in [0, 0.1) is 5.82 Å². The molecule has 0 fully saturated rings. The normalized spacial score (nSPS) is 10.3. The number of halogens is 1. The zero-order valence-electron chi connectivity index (χ0n) is 13.0. The molecule has 2 aromatic rings. The van der Waals surface area contributed by atoms with Crippen LogP contribution in [-0.2, 0) is 16.0 Å². The van der Waals surface area contributed by atoms with E-state index in [-0.39, 0.29) is 18.1 Å². The summed E-state index contributed by atoms with van der Waals surface area (Å²) in [6.07, 6.45) is 2.60. The van der Waals surface area contributed by atoms with Gasteiger partial charge in [-0.05, 0) is 36.2 Å². The van der Waals surface area contributed by atoms with E-state index in [4.69, 9.17) is 4.74 Å². The second-order valence-electron chi connectivity index (χ2n) is 5.06. The number of aromatic nitrogens is 1. The molecule has 0 atom stereocenters. The zero-order chi connectivity index (χ0) is 16.5. The van der Waals surface area contributed by atoms with Crippen LogP contribution < -0.4 is 10.6 Å². The van der Waals surface area contributed by atoms with Crippen molar-refractivity contribution in [2.24, 2.45) is 0 Å². The van der Waals surface area contributed by atoms with Crippen molar-refractivity contribution in [2.75, 3.05) is 30.9 Å². The van der Waals surface area contributed by atoms with Crippen molar-refractivity contribution in [1.82, 2.24) is 4.98 Å². The van der Waals surface area contributed by atoms with Crippen molar-refractivity contribution < 1.29 is 13.9 Å². The topological polar surface area (TPSA) is 63.2 Å². The molecular formula is C17H20FN3O2. The number of nitrogens with one attached hydrogen (secondary N) is 2. The zero-order valence-corrected chi connectivity index (χ0v) is 13.0. The number of amides is 1. The SMILES string of the molecule is COCCCNc1ccc(NC(=O)Cc2cccc(F)c2)cn1. The predicted molar refractivity (Wildman–Crippen MR) is 88.0 cm³/mol. The largest absolute Gasteiger partial charge is 0.385 e. The Bertz CT molecular complexity index is 632. The van der Waals surface area contributed by atoms with Crippen LogP contribution in [0.5, 0.6) is 0 Å². The van der Waals surface area contributed by atoms with E-state index >= 15 is 0 Å². The van der Waals surface area contributed by atoms with E-state index in [1.807, 2.05) is 0 Å². The quantitative estimate of drug-likeness (QED) is 0.735. The number of benzene rings is 1. The minimum atomic E-state index is -0.346. The van der Waals surface area contributed by atoms with E-state index in [2.05, 4.69) is 15.6 Å². The maximum atomic E-state index is 13.1. The Morgan fingerprint density at radius 1 is 1.30 bits per heavy atom. The monoisotopic (exact) mass is 317 g/mol. The fraction of sp³-hybridized carbons (Fsp3) is 0.294. The van der Waals surface area contributed by atoms with E-state index in [9.17, 15) is 9.18 Å². The van der Waals surface area contributed by atoms with Gasteiger partial charge in [0.1, 0.15) is 11.6 Å². The highest BCUT2D eigenvalue weighted by Gasteiger charge is 2.05. The number of hydrogen-bond acceptors (Lipinski definition) is 4. The minimum absolute atomic E-state index is 0.120. The first-order valence-corrected chi connectivity index (χ1v) is 7.40. The standard InChI is InChI=1S/C17H20FN3O2/c1-23-9-3-8-19-16-7-6-15(12-20-16)21-17(22)11-13-4-2-5-14(18)10-13/h2,4-7,10,12H,3,8-9,11H2,1H3,(H,19,20)(H,21,22). The van der Waals surface area contributed by atoms with Gasteiger partial charge >= 0.3 is 0 Å². The van der Waals surface area contributed by atoms with Gasteiger partial charge in [0.05, 0.1) is 18.3 Å². The molecule has 1 amide bonds. The smallest absolute Gasteiger partial charge is 0.228 e. The van der Waals surface area contributed by atoms with E-state index in [0.717, 1.165) is 18.8 Å². The molecule has 1 heterocycles. The highest BCUT2D eigenvalue weighted by Crippen LogP contribution is 2.11. The molecule has 0 saturated carbocycles. The van der Waals surface area contributed by atoms with Gasteiger partial charge in [0.15, 0.2) is 0 Å². The Morgan fingerprint density at radius 2 is 2.17 bits per heavy atom. The molecule has 23 heavy (non-hydrogen) atoms. The number of carbonyl (C=O) groups excluding carboxylic acids is 1. The van der Waals surface area contributed by atoms with Crippen LogP contribution in [0.25, 0.3) is 0 Å². The van der Waals surface area contributed by atoms with Crippen LogP contribution in [0.3, 0.4) is 0 Å². The van der Waals surface area contributed by atoms with Crippen LogP contribution in [0.4, 0.5) is 15.9 Å². The number of ether oxygens (including phenoxy) is 1. The summed E-state index contributed by atoms with van der Waals surface area (Å²) in [6, 6.07) is 9.58. The Hall–Kier alpha value is -2.47. The van der Waals surface area contributed by atoms with Crippen molar-refractivity contribution in [3.63, 3.8) is 0 Å². The van der Waals surface area contributed by atoms with Gasteiger partial charge in [0, 0.05) is 20.3 Å². The van der Waals surface area contributed by atoms with Crippen LogP contribution >= 0.6 is 0 Å². The van der Waals surface area contributed by atoms with E-state index in [1.54, 1.807) is 37.6 Å². The Balaban J connectivity index is 1.81. The molecule has 0 aliphatic carbocycles. The maximum absolute atomic E-state index is 13.1. The lowest BCUT2D eigenvalue weighted by Gasteiger charge is -2.08. The number of nitrogens with zero attached hydrogens (tertiary/aromatic N) is 1. The van der Waals surface area contributed by atoms with E-state index in [1.165, 1.54) is 12.1 Å². The number of methoxy groups -OCH3 is 1. The summed E-state index contributed by atoms with van der Waals surface area (Å²) in [4.78, 5) is 16.2. The summed E-state index contributed by atoms with van der Waals surface area (Å²) < 4.78 is 18.1. The van der Waals surface area contributed by atoms with E-state index < -0.39 is 0 Å². The van der Waals surface area contributed by atoms with Crippen molar-refractivity contribution in [3.8, 4) is 0 Å². The molecule has 0 radical (unpaired) electrons. The average Bonchev–Trinajstić information content (AvgIpc) is 2.53. The number of anilines is 2. The molecule has 0 spiro atoms. The lowest BCUT2D eigenvalue weighted by atomic mass is 10.1. The molecule has 0 saturated heterocycles. The first-order valence-electron chi connectivity index (χ1n) is 7.40. The van der Waals surface area contributed by atoms with Crippen molar-refractivity contribution in [1.29, 1.82) is 0 Å². The van der Waals surface area contributed by atoms with Crippen LogP contribution in [0.15, 0.2) is 42.6 Å². The van der Waals surface area contributed by atoms with Gasteiger partial charge < -0.3 is 15.4 Å². The highest BCUT2D eigenvalue weighted by atomic mass is 19.1. The van der Waals surface area contributed by atoms with Crippen molar-refractivity contribution in [3.05, 3.63) is 54.0 Å². The molecule has 1 aromatic heterocycles. The predicted octanol–water partition coefficient (Wildman–Crippen LogP) is 2.85. The molecule has 6 heteroatoms. The highest BCUT2D eigenvalue weighted by molar-refractivity contribution is 5.92. The molecule has 2 rings (SSSR count). The maximum Gasteiger partial charge on any atom is 0.228 e. The molecule has 0 aliphatic heterocycles. The van der Waals surface area contributed by atoms with Gasteiger partial charge in [-0.2, -0.15) is 0 Å². The molecular weight excluding hydrogens is 297 g/mol. The summed E-state index contributed by atoms with van der Waals surface area (Å²) in [5, 5.41) is 5.90. The Labute approximate surface area is 134 Å².